The molecule has 2 heteroatoms. The summed E-state index contributed by atoms with van der Waals surface area (Å²) in [6.07, 6.45) is 0. The third-order valence-corrected chi connectivity index (χ3v) is 0. The minimum absolute atomic E-state index is 0. The monoisotopic (exact) mass is 165 g/mol. The Bertz CT molecular complexity index is 29.9. The van der Waals surface area contributed by atoms with Crippen LogP contribution in [0.25, 0.3) is 0 Å². The summed E-state index contributed by atoms with van der Waals surface area (Å²) in [6, 6.07) is 0. The van der Waals surface area contributed by atoms with Gasteiger partial charge in [0, 0.05) is 0 Å². The number of hydrogen-bond donors (Lipinski definition) is 0. The van der Waals surface area contributed by atoms with Crippen LogP contribution in [0.1, 0.15) is 13.8 Å². The van der Waals surface area contributed by atoms with Crippen LogP contribution in [-0.2, 0) is 27.2 Å². The fraction of sp³-hybridized carbons (Fsp3) is 0.667. The molecule has 0 aromatic heterocycles. The number of ketones is 1. The van der Waals surface area contributed by atoms with Crippen molar-refractivity contribution in [1.82, 2.24) is 0 Å². The maximum Gasteiger partial charge on any atom is 1.00 e. The molecule has 0 heterocycles. The summed E-state index contributed by atoms with van der Waals surface area (Å²) in [7, 11) is 0. The molecule has 0 unspecified atom stereocenters. The van der Waals surface area contributed by atoms with Gasteiger partial charge in [-0.3, -0.25) is 0 Å². The molecule has 0 N–H and O–H groups in total. The van der Waals surface area contributed by atoms with Crippen molar-refractivity contribution < 1.29 is 27.2 Å². The molecular weight excluding hydrogens is 160 g/mol. The average molecular weight is 166 g/mol. The molecule has 0 spiro atoms. The van der Waals surface area contributed by atoms with Crippen molar-refractivity contribution in [3.05, 3.63) is 0 Å². The summed E-state index contributed by atoms with van der Waals surface area (Å²) in [4.78, 5) is 9.44. The third-order valence-electron chi connectivity index (χ3n) is 0. The fourth-order valence-electron chi connectivity index (χ4n) is 0. The van der Waals surface area contributed by atoms with Crippen molar-refractivity contribution in [2.75, 3.05) is 0 Å². The first kappa shape index (κ1) is 9.05. The molecule has 5 heavy (non-hydrogen) atoms. The van der Waals surface area contributed by atoms with E-state index in [2.05, 4.69) is 0 Å². The summed E-state index contributed by atoms with van der Waals surface area (Å²) in [5, 5.41) is 0. The number of Topliss-reactive ketones (excluding diaryl/α,β-unsaturated/α-hetero) is 1. The molecule has 0 saturated heterocycles. The van der Waals surface area contributed by atoms with E-state index in [9.17, 15) is 4.79 Å². The molecule has 0 aromatic rings. The standard InChI is InChI=1S/C3H6O.Ag/c1-3(2)4;/h1-2H3;/q;+1. The number of carbonyl (C=O) groups excluding carboxylic acids is 1. The Morgan fingerprint density at radius 1 is 1.40 bits per heavy atom. The van der Waals surface area contributed by atoms with E-state index in [4.69, 9.17) is 0 Å². The van der Waals surface area contributed by atoms with Crippen molar-refractivity contribution in [2.24, 2.45) is 0 Å². The van der Waals surface area contributed by atoms with Gasteiger partial charge in [0.15, 0.2) is 0 Å². The van der Waals surface area contributed by atoms with Gasteiger partial charge in [0.1, 0.15) is 5.78 Å². The van der Waals surface area contributed by atoms with Crippen molar-refractivity contribution >= 4 is 5.78 Å². The molecule has 0 bridgehead atoms. The molecule has 0 rings (SSSR count). The summed E-state index contributed by atoms with van der Waals surface area (Å²) < 4.78 is 0. The van der Waals surface area contributed by atoms with E-state index >= 15 is 0 Å². The molecule has 0 aliphatic carbocycles. The van der Waals surface area contributed by atoms with Gasteiger partial charge in [-0.1, -0.05) is 0 Å². The summed E-state index contributed by atoms with van der Waals surface area (Å²) in [6.45, 7) is 3.06. The van der Waals surface area contributed by atoms with E-state index in [0.717, 1.165) is 0 Å². The van der Waals surface area contributed by atoms with E-state index < -0.39 is 0 Å². The number of carbonyl (C=O) groups is 1. The third kappa shape index (κ3) is 152. The van der Waals surface area contributed by atoms with Crippen LogP contribution in [0.3, 0.4) is 0 Å². The molecule has 0 aromatic carbocycles. The number of rotatable bonds is 0. The molecule has 0 atom stereocenters. The Balaban J connectivity index is 0. The molecule has 0 radical (unpaired) electrons. The van der Waals surface area contributed by atoms with E-state index in [1.807, 2.05) is 0 Å². The van der Waals surface area contributed by atoms with Crippen LogP contribution in [0.4, 0.5) is 0 Å². The van der Waals surface area contributed by atoms with Crippen LogP contribution < -0.4 is 0 Å². The SMILES string of the molecule is CC(C)=O.[Ag+]. The van der Waals surface area contributed by atoms with Gasteiger partial charge >= 0.3 is 22.4 Å². The van der Waals surface area contributed by atoms with Crippen LogP contribution >= 0.6 is 0 Å². The fourth-order valence-corrected chi connectivity index (χ4v) is 0. The Hall–Kier alpha value is 0.410. The second kappa shape index (κ2) is 4.41. The Kier molecular flexibility index (Phi) is 7.98. The molecule has 0 aliphatic heterocycles. The molecule has 34 valence electrons. The predicted octanol–water partition coefficient (Wildman–Crippen LogP) is 0.593. The first-order chi connectivity index (χ1) is 1.73. The van der Waals surface area contributed by atoms with E-state index in [1.165, 1.54) is 13.8 Å². The average Bonchev–Trinajstić information content (AvgIpc) is 0.811. The molecule has 0 aliphatic rings. The Labute approximate surface area is 47.3 Å². The van der Waals surface area contributed by atoms with E-state index in [-0.39, 0.29) is 28.2 Å². The van der Waals surface area contributed by atoms with E-state index in [1.54, 1.807) is 0 Å². The quantitative estimate of drug-likeness (QED) is 0.481. The van der Waals surface area contributed by atoms with Crippen molar-refractivity contribution in [2.45, 2.75) is 13.8 Å². The Morgan fingerprint density at radius 3 is 1.40 bits per heavy atom. The van der Waals surface area contributed by atoms with Gasteiger partial charge in [-0.2, -0.15) is 0 Å². The van der Waals surface area contributed by atoms with Crippen LogP contribution in [0, 0.1) is 0 Å². The minimum atomic E-state index is 0. The summed E-state index contributed by atoms with van der Waals surface area (Å²) in [5.41, 5.74) is 0. The van der Waals surface area contributed by atoms with Gasteiger partial charge in [-0.15, -0.1) is 0 Å². The van der Waals surface area contributed by atoms with Crippen LogP contribution in [0.15, 0.2) is 0 Å². The van der Waals surface area contributed by atoms with Gasteiger partial charge in [0.25, 0.3) is 0 Å². The molecule has 0 amide bonds. The van der Waals surface area contributed by atoms with E-state index in [0.29, 0.717) is 0 Å². The predicted molar refractivity (Wildman–Crippen MR) is 16.4 cm³/mol. The van der Waals surface area contributed by atoms with Gasteiger partial charge in [-0.05, 0) is 13.8 Å². The second-order valence-electron chi connectivity index (χ2n) is 0.908. The summed E-state index contributed by atoms with van der Waals surface area (Å²) >= 11 is 0. The molecule has 0 saturated carbocycles. The largest absolute Gasteiger partial charge is 1.00 e. The van der Waals surface area contributed by atoms with Gasteiger partial charge in [0.05, 0.1) is 0 Å². The zero-order valence-electron chi connectivity index (χ0n) is 3.21. The summed E-state index contributed by atoms with van der Waals surface area (Å²) in [5.74, 6) is 0.167. The maximum absolute atomic E-state index is 9.44. The zero-order valence-corrected chi connectivity index (χ0v) is 4.69. The van der Waals surface area contributed by atoms with Crippen LogP contribution in [-0.4, -0.2) is 5.78 Å². The maximum atomic E-state index is 9.44. The first-order valence-corrected chi connectivity index (χ1v) is 1.20. The van der Waals surface area contributed by atoms with Crippen LogP contribution in [0.5, 0.6) is 0 Å². The molecular formula is C3H6AgO+. The smallest absolute Gasteiger partial charge is 0.300 e. The second-order valence-corrected chi connectivity index (χ2v) is 0.908. The number of hydrogen-bond acceptors (Lipinski definition) is 1. The van der Waals surface area contributed by atoms with Crippen LogP contribution in [0.2, 0.25) is 0 Å². The zero-order chi connectivity index (χ0) is 3.58. The normalized spacial score (nSPS) is 5.20. The minimum Gasteiger partial charge on any atom is -0.300 e. The van der Waals surface area contributed by atoms with Crippen molar-refractivity contribution in [3.8, 4) is 0 Å². The van der Waals surface area contributed by atoms with Gasteiger partial charge < -0.3 is 4.79 Å². The molecule has 0 fully saturated rings. The topological polar surface area (TPSA) is 17.1 Å². The van der Waals surface area contributed by atoms with Crippen molar-refractivity contribution in [1.29, 1.82) is 0 Å². The van der Waals surface area contributed by atoms with Gasteiger partial charge in [0.2, 0.25) is 0 Å². The van der Waals surface area contributed by atoms with Gasteiger partial charge in [-0.25, -0.2) is 0 Å². The first-order valence-electron chi connectivity index (χ1n) is 1.20. The Morgan fingerprint density at radius 2 is 1.40 bits per heavy atom. The van der Waals surface area contributed by atoms with Crippen molar-refractivity contribution in [3.63, 3.8) is 0 Å². The molecule has 1 nitrogen and oxygen atoms in total.